The number of imidazole rings is 1. The van der Waals surface area contributed by atoms with Crippen LogP contribution in [0.5, 0.6) is 5.75 Å². The van der Waals surface area contributed by atoms with Crippen molar-refractivity contribution in [3.63, 3.8) is 0 Å². The first-order valence-corrected chi connectivity index (χ1v) is 8.93. The molecule has 2 N–H and O–H groups in total. The summed E-state index contributed by atoms with van der Waals surface area (Å²) in [6.45, 7) is 1.99. The molecule has 0 radical (unpaired) electrons. The number of carbonyl (C=O) groups is 1. The normalized spacial score (nSPS) is 12.1. The van der Waals surface area contributed by atoms with Gasteiger partial charge in [0, 0.05) is 24.8 Å². The highest BCUT2D eigenvalue weighted by Gasteiger charge is 2.24. The molecule has 0 aliphatic heterocycles. The number of methoxy groups -OCH3 is 1. The van der Waals surface area contributed by atoms with Crippen molar-refractivity contribution in [2.75, 3.05) is 7.11 Å². The van der Waals surface area contributed by atoms with E-state index in [0.717, 1.165) is 27.9 Å². The number of hydrogen-bond acceptors (Lipinski definition) is 4. The number of carbonyl (C=O) groups excluding carboxylic acids is 1. The summed E-state index contributed by atoms with van der Waals surface area (Å²) >= 11 is 0. The van der Waals surface area contributed by atoms with Crippen molar-refractivity contribution in [1.82, 2.24) is 25.1 Å². The topological polar surface area (TPSA) is 84.8 Å². The van der Waals surface area contributed by atoms with E-state index in [4.69, 9.17) is 4.74 Å². The van der Waals surface area contributed by atoms with Gasteiger partial charge in [-0.25, -0.2) is 4.98 Å². The molecule has 0 saturated heterocycles. The first kappa shape index (κ1) is 17.8. The average molecular weight is 375 g/mol. The molecule has 7 heteroatoms. The maximum Gasteiger partial charge on any atom is 0.273 e. The van der Waals surface area contributed by atoms with Gasteiger partial charge in [0.25, 0.3) is 5.91 Å². The van der Waals surface area contributed by atoms with E-state index in [-0.39, 0.29) is 5.91 Å². The number of H-pyrrole nitrogens is 1. The van der Waals surface area contributed by atoms with E-state index >= 15 is 0 Å². The number of benzene rings is 2. The Labute approximate surface area is 162 Å². The SMILES string of the molecule is COc1cccc(C(NC(=O)c2n[nH]c3ccc(C)cc23)c2nccn2C)c1. The lowest BCUT2D eigenvalue weighted by atomic mass is 10.0. The van der Waals surface area contributed by atoms with Crippen molar-refractivity contribution in [2.24, 2.45) is 7.05 Å². The Kier molecular flexibility index (Phi) is 4.57. The summed E-state index contributed by atoms with van der Waals surface area (Å²) in [5.74, 6) is 1.16. The fraction of sp³-hybridized carbons (Fsp3) is 0.190. The standard InChI is InChI=1S/C21H21N5O2/c1-13-7-8-17-16(11-13)19(25-24-17)21(27)23-18(20-22-9-10-26(20)2)14-5-4-6-15(12-14)28-3/h4-12,18H,1-3H3,(H,23,27)(H,24,25). The molecule has 0 spiro atoms. The van der Waals surface area contributed by atoms with Crippen LogP contribution in [0, 0.1) is 6.92 Å². The van der Waals surface area contributed by atoms with E-state index in [9.17, 15) is 4.79 Å². The van der Waals surface area contributed by atoms with E-state index in [2.05, 4.69) is 20.5 Å². The second-order valence-corrected chi connectivity index (χ2v) is 6.70. The predicted molar refractivity (Wildman–Crippen MR) is 106 cm³/mol. The molecular formula is C21H21N5O2. The number of nitrogens with zero attached hydrogens (tertiary/aromatic N) is 3. The fourth-order valence-electron chi connectivity index (χ4n) is 3.27. The lowest BCUT2D eigenvalue weighted by Crippen LogP contribution is -2.31. The van der Waals surface area contributed by atoms with Crippen LogP contribution in [0.15, 0.2) is 54.9 Å². The molecule has 1 amide bonds. The molecule has 2 aromatic heterocycles. The first-order valence-electron chi connectivity index (χ1n) is 8.93. The molecule has 142 valence electrons. The molecule has 0 aliphatic rings. The van der Waals surface area contributed by atoms with Crippen LogP contribution in [0.2, 0.25) is 0 Å². The quantitative estimate of drug-likeness (QED) is 0.561. The lowest BCUT2D eigenvalue weighted by Gasteiger charge is -2.19. The zero-order chi connectivity index (χ0) is 19.7. The van der Waals surface area contributed by atoms with Gasteiger partial charge in [0.15, 0.2) is 5.69 Å². The van der Waals surface area contributed by atoms with Crippen molar-refractivity contribution < 1.29 is 9.53 Å². The van der Waals surface area contributed by atoms with Gasteiger partial charge in [-0.05, 0) is 36.8 Å². The molecule has 4 aromatic rings. The Balaban J connectivity index is 1.74. The van der Waals surface area contributed by atoms with Crippen LogP contribution in [0.4, 0.5) is 0 Å². The van der Waals surface area contributed by atoms with Gasteiger partial charge >= 0.3 is 0 Å². The Hall–Kier alpha value is -3.61. The summed E-state index contributed by atoms with van der Waals surface area (Å²) in [6.07, 6.45) is 3.56. The second kappa shape index (κ2) is 7.19. The minimum Gasteiger partial charge on any atom is -0.497 e. The van der Waals surface area contributed by atoms with Crippen LogP contribution in [-0.4, -0.2) is 32.8 Å². The van der Waals surface area contributed by atoms with Crippen LogP contribution in [0.25, 0.3) is 10.9 Å². The van der Waals surface area contributed by atoms with Gasteiger partial charge in [-0.2, -0.15) is 5.10 Å². The number of amides is 1. The first-order chi connectivity index (χ1) is 13.6. The molecule has 1 unspecified atom stereocenters. The van der Waals surface area contributed by atoms with E-state index in [1.807, 2.05) is 67.2 Å². The maximum absolute atomic E-state index is 13.1. The zero-order valence-corrected chi connectivity index (χ0v) is 15.9. The number of aryl methyl sites for hydroxylation is 2. The van der Waals surface area contributed by atoms with Crippen molar-refractivity contribution in [3.05, 3.63) is 77.5 Å². The van der Waals surface area contributed by atoms with Gasteiger partial charge in [-0.15, -0.1) is 0 Å². The molecule has 0 aliphatic carbocycles. The largest absolute Gasteiger partial charge is 0.497 e. The molecule has 7 nitrogen and oxygen atoms in total. The molecule has 2 heterocycles. The smallest absolute Gasteiger partial charge is 0.273 e. The summed E-state index contributed by atoms with van der Waals surface area (Å²) in [7, 11) is 3.51. The minimum atomic E-state index is -0.445. The monoisotopic (exact) mass is 375 g/mol. The number of aromatic nitrogens is 4. The molecule has 1 atom stereocenters. The van der Waals surface area contributed by atoms with Crippen LogP contribution in [-0.2, 0) is 7.05 Å². The number of aromatic amines is 1. The van der Waals surface area contributed by atoms with Gasteiger partial charge in [0.2, 0.25) is 0 Å². The predicted octanol–water partition coefficient (Wildman–Crippen LogP) is 3.13. The molecule has 4 rings (SSSR count). The van der Waals surface area contributed by atoms with E-state index < -0.39 is 6.04 Å². The highest BCUT2D eigenvalue weighted by Crippen LogP contribution is 2.25. The van der Waals surface area contributed by atoms with Crippen LogP contribution in [0.1, 0.15) is 33.5 Å². The van der Waals surface area contributed by atoms with Gasteiger partial charge < -0.3 is 14.6 Å². The third-order valence-electron chi connectivity index (χ3n) is 4.75. The Morgan fingerprint density at radius 3 is 2.86 bits per heavy atom. The average Bonchev–Trinajstić information content (AvgIpc) is 3.31. The highest BCUT2D eigenvalue weighted by molar-refractivity contribution is 6.05. The Morgan fingerprint density at radius 2 is 2.11 bits per heavy atom. The van der Waals surface area contributed by atoms with Crippen molar-refractivity contribution >= 4 is 16.8 Å². The van der Waals surface area contributed by atoms with Crippen molar-refractivity contribution in [2.45, 2.75) is 13.0 Å². The minimum absolute atomic E-state index is 0.271. The molecule has 0 fully saturated rings. The van der Waals surface area contributed by atoms with Crippen LogP contribution in [0.3, 0.4) is 0 Å². The molecule has 2 aromatic carbocycles. The third-order valence-corrected chi connectivity index (χ3v) is 4.75. The summed E-state index contributed by atoms with van der Waals surface area (Å²) in [5.41, 5.74) is 3.13. The maximum atomic E-state index is 13.1. The molecular weight excluding hydrogens is 354 g/mol. The molecule has 28 heavy (non-hydrogen) atoms. The van der Waals surface area contributed by atoms with Gasteiger partial charge in [-0.1, -0.05) is 23.8 Å². The third kappa shape index (κ3) is 3.22. The number of hydrogen-bond donors (Lipinski definition) is 2. The number of nitrogens with one attached hydrogen (secondary N) is 2. The Morgan fingerprint density at radius 1 is 1.25 bits per heavy atom. The van der Waals surface area contributed by atoms with Gasteiger partial charge in [-0.3, -0.25) is 9.89 Å². The van der Waals surface area contributed by atoms with Crippen LogP contribution >= 0.6 is 0 Å². The summed E-state index contributed by atoms with van der Waals surface area (Å²) in [5, 5.41) is 11.0. The summed E-state index contributed by atoms with van der Waals surface area (Å²) < 4.78 is 7.23. The molecule has 0 bridgehead atoms. The number of ether oxygens (including phenoxy) is 1. The second-order valence-electron chi connectivity index (χ2n) is 6.70. The van der Waals surface area contributed by atoms with E-state index in [1.54, 1.807) is 13.3 Å². The van der Waals surface area contributed by atoms with Crippen LogP contribution < -0.4 is 10.1 Å². The van der Waals surface area contributed by atoms with E-state index in [0.29, 0.717) is 11.4 Å². The number of fused-ring (bicyclic) bond motifs is 1. The number of rotatable bonds is 5. The van der Waals surface area contributed by atoms with E-state index in [1.165, 1.54) is 0 Å². The van der Waals surface area contributed by atoms with Crippen molar-refractivity contribution in [3.8, 4) is 5.75 Å². The lowest BCUT2D eigenvalue weighted by molar-refractivity contribution is 0.0937. The molecule has 0 saturated carbocycles. The fourth-order valence-corrected chi connectivity index (χ4v) is 3.27. The Bertz CT molecular complexity index is 1140. The van der Waals surface area contributed by atoms with Crippen molar-refractivity contribution in [1.29, 1.82) is 0 Å². The van der Waals surface area contributed by atoms with Gasteiger partial charge in [0.1, 0.15) is 17.6 Å². The summed E-state index contributed by atoms with van der Waals surface area (Å²) in [4.78, 5) is 17.6. The summed E-state index contributed by atoms with van der Waals surface area (Å²) in [6, 6.07) is 13.0. The highest BCUT2D eigenvalue weighted by atomic mass is 16.5. The zero-order valence-electron chi connectivity index (χ0n) is 15.9. The van der Waals surface area contributed by atoms with Gasteiger partial charge in [0.05, 0.1) is 12.6 Å².